The fourth-order valence-electron chi connectivity index (χ4n) is 2.59. The maximum absolute atomic E-state index is 12.5. The Kier molecular flexibility index (Phi) is 4.09. The summed E-state index contributed by atoms with van der Waals surface area (Å²) < 4.78 is 34.2. The molecule has 6 nitrogen and oxygen atoms in total. The smallest absolute Gasteiger partial charge is 0.324 e. The molecule has 114 valence electrons. The van der Waals surface area contributed by atoms with Crippen LogP contribution in [0.5, 0.6) is 0 Å². The predicted molar refractivity (Wildman–Crippen MR) is 70.6 cm³/mol. The van der Waals surface area contributed by atoms with Gasteiger partial charge in [0.15, 0.2) is 15.1 Å². The highest BCUT2D eigenvalue weighted by Gasteiger charge is 2.53. The first-order valence-corrected chi connectivity index (χ1v) is 8.41. The summed E-state index contributed by atoms with van der Waals surface area (Å²) >= 11 is 0. The SMILES string of the molecule is COC(=O)CC1(CS(=O)(=O)C(C(=O)OC)C2CC2)CC1. The third-order valence-corrected chi connectivity index (χ3v) is 6.45. The summed E-state index contributed by atoms with van der Waals surface area (Å²) in [5, 5.41) is -1.07. The Morgan fingerprint density at radius 3 is 2.20 bits per heavy atom. The van der Waals surface area contributed by atoms with Gasteiger partial charge in [0.25, 0.3) is 0 Å². The van der Waals surface area contributed by atoms with Gasteiger partial charge in [0, 0.05) is 0 Å². The molecule has 2 fully saturated rings. The van der Waals surface area contributed by atoms with Crippen LogP contribution in [0.15, 0.2) is 0 Å². The maximum atomic E-state index is 12.5. The van der Waals surface area contributed by atoms with Crippen molar-refractivity contribution >= 4 is 21.8 Å². The Morgan fingerprint density at radius 2 is 1.80 bits per heavy atom. The first-order chi connectivity index (χ1) is 9.33. The van der Waals surface area contributed by atoms with E-state index in [1.54, 1.807) is 0 Å². The Labute approximate surface area is 118 Å². The second-order valence-corrected chi connectivity index (χ2v) is 7.96. The lowest BCUT2D eigenvalue weighted by molar-refractivity contribution is -0.142. The first-order valence-electron chi connectivity index (χ1n) is 6.70. The highest BCUT2D eigenvalue weighted by Crippen LogP contribution is 2.51. The number of hydrogen-bond donors (Lipinski definition) is 0. The molecule has 2 aliphatic rings. The summed E-state index contributed by atoms with van der Waals surface area (Å²) in [5.41, 5.74) is -0.535. The molecule has 0 radical (unpaired) electrons. The standard InChI is InChI=1S/C13H20O6S/c1-18-10(14)7-13(5-6-13)8-20(16,17)11(9-3-4-9)12(15)19-2/h9,11H,3-8H2,1-2H3. The molecule has 0 bridgehead atoms. The van der Waals surface area contributed by atoms with Crippen molar-refractivity contribution in [3.63, 3.8) is 0 Å². The van der Waals surface area contributed by atoms with Crippen LogP contribution in [-0.2, 0) is 28.9 Å². The van der Waals surface area contributed by atoms with Crippen molar-refractivity contribution in [2.24, 2.45) is 11.3 Å². The molecule has 1 unspecified atom stereocenters. The van der Waals surface area contributed by atoms with E-state index < -0.39 is 32.4 Å². The molecule has 1 atom stereocenters. The average molecular weight is 304 g/mol. The molecule has 0 spiro atoms. The van der Waals surface area contributed by atoms with E-state index in [1.165, 1.54) is 14.2 Å². The normalized spacial score (nSPS) is 21.9. The van der Waals surface area contributed by atoms with Gasteiger partial charge in [0.2, 0.25) is 0 Å². The molecule has 20 heavy (non-hydrogen) atoms. The van der Waals surface area contributed by atoms with E-state index in [9.17, 15) is 18.0 Å². The van der Waals surface area contributed by atoms with Gasteiger partial charge in [-0.15, -0.1) is 0 Å². The minimum atomic E-state index is -3.60. The third kappa shape index (κ3) is 3.31. The van der Waals surface area contributed by atoms with E-state index in [4.69, 9.17) is 0 Å². The van der Waals surface area contributed by atoms with E-state index in [0.717, 1.165) is 12.8 Å². The number of esters is 2. The lowest BCUT2D eigenvalue weighted by Gasteiger charge is -2.19. The van der Waals surface area contributed by atoms with Crippen LogP contribution < -0.4 is 0 Å². The number of ether oxygens (including phenoxy) is 2. The second-order valence-electron chi connectivity index (χ2n) is 5.84. The zero-order chi connectivity index (χ0) is 15.0. The van der Waals surface area contributed by atoms with Crippen LogP contribution in [0.2, 0.25) is 0 Å². The van der Waals surface area contributed by atoms with Gasteiger partial charge in [0.1, 0.15) is 0 Å². The molecule has 0 aromatic rings. The second kappa shape index (κ2) is 5.35. The zero-order valence-corrected chi connectivity index (χ0v) is 12.6. The Morgan fingerprint density at radius 1 is 1.20 bits per heavy atom. The summed E-state index contributed by atoms with van der Waals surface area (Å²) in [6.07, 6.45) is 2.94. The minimum absolute atomic E-state index is 0.0985. The fraction of sp³-hybridized carbons (Fsp3) is 0.846. The number of carbonyl (C=O) groups is 2. The van der Waals surface area contributed by atoms with Gasteiger partial charge in [-0.25, -0.2) is 8.42 Å². The molecule has 0 saturated heterocycles. The largest absolute Gasteiger partial charge is 0.469 e. The van der Waals surface area contributed by atoms with E-state index >= 15 is 0 Å². The molecular weight excluding hydrogens is 284 g/mol. The van der Waals surface area contributed by atoms with Gasteiger partial charge in [-0.3, -0.25) is 9.59 Å². The van der Waals surface area contributed by atoms with Crippen molar-refractivity contribution in [3.8, 4) is 0 Å². The zero-order valence-electron chi connectivity index (χ0n) is 11.8. The number of rotatable bonds is 7. The van der Waals surface area contributed by atoms with Gasteiger partial charge in [-0.2, -0.15) is 0 Å². The molecule has 0 aromatic heterocycles. The third-order valence-electron chi connectivity index (χ3n) is 4.08. The van der Waals surface area contributed by atoms with Crippen LogP contribution in [0.25, 0.3) is 0 Å². The number of carbonyl (C=O) groups excluding carboxylic acids is 2. The predicted octanol–water partition coefficient (Wildman–Crippen LogP) is 0.696. The van der Waals surface area contributed by atoms with Gasteiger partial charge in [0.05, 0.1) is 26.4 Å². The van der Waals surface area contributed by atoms with Crippen molar-refractivity contribution in [1.82, 2.24) is 0 Å². The van der Waals surface area contributed by atoms with Crippen molar-refractivity contribution in [3.05, 3.63) is 0 Å². The molecule has 0 aromatic carbocycles. The fourth-order valence-corrected chi connectivity index (χ4v) is 5.26. The van der Waals surface area contributed by atoms with E-state index in [1.807, 2.05) is 0 Å². The van der Waals surface area contributed by atoms with Crippen LogP contribution >= 0.6 is 0 Å². The van der Waals surface area contributed by atoms with Gasteiger partial charge < -0.3 is 9.47 Å². The molecule has 0 amide bonds. The van der Waals surface area contributed by atoms with Crippen molar-refractivity contribution < 1.29 is 27.5 Å². The van der Waals surface area contributed by atoms with Gasteiger partial charge in [-0.1, -0.05) is 0 Å². The molecule has 2 saturated carbocycles. The van der Waals surface area contributed by atoms with Crippen LogP contribution in [0.4, 0.5) is 0 Å². The van der Waals surface area contributed by atoms with Gasteiger partial charge in [-0.05, 0) is 37.0 Å². The minimum Gasteiger partial charge on any atom is -0.469 e. The van der Waals surface area contributed by atoms with Crippen LogP contribution in [-0.4, -0.2) is 45.6 Å². The first kappa shape index (κ1) is 15.3. The molecular formula is C13H20O6S. The lowest BCUT2D eigenvalue weighted by Crippen LogP contribution is -2.37. The maximum Gasteiger partial charge on any atom is 0.324 e. The molecule has 2 rings (SSSR count). The molecule has 0 N–H and O–H groups in total. The summed E-state index contributed by atoms with van der Waals surface area (Å²) in [6.45, 7) is 0. The Bertz CT molecular complexity index is 501. The van der Waals surface area contributed by atoms with Crippen molar-refractivity contribution in [2.75, 3.05) is 20.0 Å². The number of sulfone groups is 1. The molecule has 2 aliphatic carbocycles. The van der Waals surface area contributed by atoms with Crippen LogP contribution in [0.1, 0.15) is 32.1 Å². The summed E-state index contributed by atoms with van der Waals surface area (Å²) in [7, 11) is -1.11. The molecule has 0 aliphatic heterocycles. The van der Waals surface area contributed by atoms with Gasteiger partial charge >= 0.3 is 11.9 Å². The summed E-state index contributed by atoms with van der Waals surface area (Å²) in [5.74, 6) is -1.34. The topological polar surface area (TPSA) is 86.7 Å². The quantitative estimate of drug-likeness (QED) is 0.643. The Balaban J connectivity index is 2.10. The lowest BCUT2D eigenvalue weighted by atomic mass is 10.1. The number of hydrogen-bond acceptors (Lipinski definition) is 6. The monoisotopic (exact) mass is 304 g/mol. The van der Waals surface area contributed by atoms with E-state index in [0.29, 0.717) is 12.8 Å². The summed E-state index contributed by atoms with van der Waals surface area (Å²) in [4.78, 5) is 23.1. The summed E-state index contributed by atoms with van der Waals surface area (Å²) in [6, 6.07) is 0. The highest BCUT2D eigenvalue weighted by atomic mass is 32.2. The molecule has 7 heteroatoms. The average Bonchev–Trinajstić information content (AvgIpc) is 3.27. The highest BCUT2D eigenvalue weighted by molar-refractivity contribution is 7.92. The van der Waals surface area contributed by atoms with E-state index in [2.05, 4.69) is 9.47 Å². The molecule has 0 heterocycles. The van der Waals surface area contributed by atoms with Crippen LogP contribution in [0, 0.1) is 11.3 Å². The van der Waals surface area contributed by atoms with Crippen molar-refractivity contribution in [1.29, 1.82) is 0 Å². The van der Waals surface area contributed by atoms with Crippen molar-refractivity contribution in [2.45, 2.75) is 37.4 Å². The number of methoxy groups -OCH3 is 2. The van der Waals surface area contributed by atoms with Crippen LogP contribution in [0.3, 0.4) is 0 Å². The Hall–Kier alpha value is -1.11. The van der Waals surface area contributed by atoms with E-state index in [-0.39, 0.29) is 18.1 Å².